The smallest absolute Gasteiger partial charge is 0.315 e. The molecule has 0 bridgehead atoms. The molecule has 2 aromatic rings. The zero-order chi connectivity index (χ0) is 20.9. The Balaban J connectivity index is 1.41. The van der Waals surface area contributed by atoms with Crippen molar-refractivity contribution in [2.75, 3.05) is 13.1 Å². The summed E-state index contributed by atoms with van der Waals surface area (Å²) in [7, 11) is -3.71. The van der Waals surface area contributed by atoms with Crippen LogP contribution in [-0.2, 0) is 27.8 Å². The van der Waals surface area contributed by atoms with Gasteiger partial charge < -0.3 is 15.5 Å². The first-order valence-corrected chi connectivity index (χ1v) is 10.8. The normalized spacial score (nSPS) is 16.7. The third-order valence-electron chi connectivity index (χ3n) is 4.72. The first-order chi connectivity index (χ1) is 13.8. The second-order valence-corrected chi connectivity index (χ2v) is 8.56. The van der Waals surface area contributed by atoms with Crippen LogP contribution in [0.2, 0.25) is 0 Å². The van der Waals surface area contributed by atoms with Gasteiger partial charge in [0.1, 0.15) is 0 Å². The van der Waals surface area contributed by atoms with Crippen LogP contribution in [-0.4, -0.2) is 44.4 Å². The summed E-state index contributed by atoms with van der Waals surface area (Å²) in [5.41, 5.74) is 1.93. The zero-order valence-corrected chi connectivity index (χ0v) is 16.7. The van der Waals surface area contributed by atoms with Crippen molar-refractivity contribution < 1.29 is 18.0 Å². The molecule has 1 fully saturated rings. The lowest BCUT2D eigenvalue weighted by atomic mass is 10.1. The Kier molecular flexibility index (Phi) is 6.50. The maximum absolute atomic E-state index is 12.2. The number of hydrogen-bond acceptors (Lipinski definition) is 4. The van der Waals surface area contributed by atoms with Gasteiger partial charge in [-0.2, -0.15) is 0 Å². The summed E-state index contributed by atoms with van der Waals surface area (Å²) in [6.45, 7) is 1.40. The van der Waals surface area contributed by atoms with Gasteiger partial charge in [0.25, 0.3) is 0 Å². The average Bonchev–Trinajstić information content (AvgIpc) is 3.01. The van der Waals surface area contributed by atoms with Crippen LogP contribution in [0.4, 0.5) is 4.79 Å². The zero-order valence-electron chi connectivity index (χ0n) is 15.9. The standard InChI is InChI=1S/C20H24N4O4S/c21-29(27,28)18-8-6-15(7-9-18)10-11-22-20(26)23-17-12-19(25)24(14-17)13-16-4-2-1-3-5-16/h1-9,17H,10-14H2,(H2,21,27,28)(H2,22,23,26). The lowest BCUT2D eigenvalue weighted by molar-refractivity contribution is -0.128. The number of primary sulfonamides is 1. The quantitative estimate of drug-likeness (QED) is 0.623. The number of benzene rings is 2. The molecule has 0 aliphatic carbocycles. The molecule has 1 saturated heterocycles. The highest BCUT2D eigenvalue weighted by Crippen LogP contribution is 2.15. The molecule has 0 aromatic heterocycles. The summed E-state index contributed by atoms with van der Waals surface area (Å²) >= 11 is 0. The van der Waals surface area contributed by atoms with Crippen molar-refractivity contribution in [3.05, 3.63) is 65.7 Å². The second-order valence-electron chi connectivity index (χ2n) is 7.00. The number of nitrogens with two attached hydrogens (primary N) is 1. The molecule has 1 atom stereocenters. The van der Waals surface area contributed by atoms with Gasteiger partial charge in [-0.15, -0.1) is 0 Å². The topological polar surface area (TPSA) is 122 Å². The Morgan fingerprint density at radius 2 is 1.76 bits per heavy atom. The highest BCUT2D eigenvalue weighted by Gasteiger charge is 2.30. The van der Waals surface area contributed by atoms with Crippen LogP contribution in [0.15, 0.2) is 59.5 Å². The van der Waals surface area contributed by atoms with Crippen molar-refractivity contribution in [3.63, 3.8) is 0 Å². The molecule has 1 aliphatic heterocycles. The Labute approximate surface area is 170 Å². The second kappa shape index (κ2) is 9.06. The molecule has 1 heterocycles. The Morgan fingerprint density at radius 3 is 2.41 bits per heavy atom. The van der Waals surface area contributed by atoms with Gasteiger partial charge in [-0.25, -0.2) is 18.4 Å². The Hall–Kier alpha value is -2.91. The van der Waals surface area contributed by atoms with Gasteiger partial charge in [-0.3, -0.25) is 4.79 Å². The van der Waals surface area contributed by atoms with Crippen LogP contribution in [0.5, 0.6) is 0 Å². The largest absolute Gasteiger partial charge is 0.338 e. The number of likely N-dealkylation sites (tertiary alicyclic amines) is 1. The molecule has 154 valence electrons. The number of carbonyl (C=O) groups is 2. The summed E-state index contributed by atoms with van der Waals surface area (Å²) in [5.74, 6) is 0.0223. The van der Waals surface area contributed by atoms with Crippen LogP contribution in [0.1, 0.15) is 17.5 Å². The number of nitrogens with one attached hydrogen (secondary N) is 2. The lowest BCUT2D eigenvalue weighted by Gasteiger charge is -2.17. The predicted molar refractivity (Wildman–Crippen MR) is 108 cm³/mol. The van der Waals surface area contributed by atoms with Crippen LogP contribution in [0, 0.1) is 0 Å². The number of nitrogens with zero attached hydrogens (tertiary/aromatic N) is 1. The molecule has 0 saturated carbocycles. The van der Waals surface area contributed by atoms with E-state index in [0.717, 1.165) is 11.1 Å². The molecule has 1 unspecified atom stereocenters. The fourth-order valence-corrected chi connectivity index (χ4v) is 3.74. The fourth-order valence-electron chi connectivity index (χ4n) is 3.23. The molecule has 29 heavy (non-hydrogen) atoms. The Morgan fingerprint density at radius 1 is 1.07 bits per heavy atom. The summed E-state index contributed by atoms with van der Waals surface area (Å²) < 4.78 is 22.5. The molecule has 2 aromatic carbocycles. The molecule has 4 N–H and O–H groups in total. The molecule has 3 rings (SSSR count). The van der Waals surface area contributed by atoms with E-state index in [1.807, 2.05) is 30.3 Å². The van der Waals surface area contributed by atoms with Crippen molar-refractivity contribution in [3.8, 4) is 0 Å². The van der Waals surface area contributed by atoms with E-state index in [1.54, 1.807) is 17.0 Å². The van der Waals surface area contributed by atoms with Gasteiger partial charge in [0, 0.05) is 26.1 Å². The molecule has 8 nitrogen and oxygen atoms in total. The molecule has 3 amide bonds. The van der Waals surface area contributed by atoms with E-state index < -0.39 is 10.0 Å². The minimum absolute atomic E-state index is 0.0223. The predicted octanol–water partition coefficient (Wildman–Crippen LogP) is 0.977. The van der Waals surface area contributed by atoms with Crippen molar-refractivity contribution in [1.29, 1.82) is 0 Å². The van der Waals surface area contributed by atoms with E-state index in [1.165, 1.54) is 12.1 Å². The minimum Gasteiger partial charge on any atom is -0.338 e. The molecular weight excluding hydrogens is 392 g/mol. The van der Waals surface area contributed by atoms with Crippen LogP contribution >= 0.6 is 0 Å². The van der Waals surface area contributed by atoms with Gasteiger partial charge in [0.2, 0.25) is 15.9 Å². The number of carbonyl (C=O) groups excluding carboxylic acids is 2. The van der Waals surface area contributed by atoms with Gasteiger partial charge in [0.05, 0.1) is 10.9 Å². The van der Waals surface area contributed by atoms with Gasteiger partial charge in [-0.05, 0) is 29.7 Å². The van der Waals surface area contributed by atoms with Gasteiger partial charge in [0.15, 0.2) is 0 Å². The minimum atomic E-state index is -3.71. The van der Waals surface area contributed by atoms with Gasteiger partial charge in [-0.1, -0.05) is 42.5 Å². The van der Waals surface area contributed by atoms with E-state index in [4.69, 9.17) is 5.14 Å². The van der Waals surface area contributed by atoms with E-state index in [-0.39, 0.29) is 29.3 Å². The van der Waals surface area contributed by atoms with E-state index in [2.05, 4.69) is 10.6 Å². The van der Waals surface area contributed by atoms with Crippen molar-refractivity contribution in [2.24, 2.45) is 5.14 Å². The number of sulfonamides is 1. The number of hydrogen-bond donors (Lipinski definition) is 3. The third-order valence-corrected chi connectivity index (χ3v) is 5.65. The van der Waals surface area contributed by atoms with Gasteiger partial charge >= 0.3 is 6.03 Å². The summed E-state index contributed by atoms with van der Waals surface area (Å²) in [6, 6.07) is 15.4. The van der Waals surface area contributed by atoms with Crippen LogP contribution in [0.25, 0.3) is 0 Å². The third kappa shape index (κ3) is 6.03. The van der Waals surface area contributed by atoms with Crippen molar-refractivity contribution in [2.45, 2.75) is 30.3 Å². The first-order valence-electron chi connectivity index (χ1n) is 9.29. The maximum Gasteiger partial charge on any atom is 0.315 e. The highest BCUT2D eigenvalue weighted by atomic mass is 32.2. The molecule has 1 aliphatic rings. The summed E-state index contributed by atoms with van der Waals surface area (Å²) in [4.78, 5) is 26.1. The molecule has 9 heteroatoms. The number of rotatable bonds is 7. The number of amides is 3. The van der Waals surface area contributed by atoms with Crippen molar-refractivity contribution in [1.82, 2.24) is 15.5 Å². The molecular formula is C20H24N4O4S. The van der Waals surface area contributed by atoms with E-state index in [9.17, 15) is 18.0 Å². The monoisotopic (exact) mass is 416 g/mol. The van der Waals surface area contributed by atoms with Crippen LogP contribution in [0.3, 0.4) is 0 Å². The van der Waals surface area contributed by atoms with Crippen LogP contribution < -0.4 is 15.8 Å². The van der Waals surface area contributed by atoms with Crippen molar-refractivity contribution >= 4 is 22.0 Å². The summed E-state index contributed by atoms with van der Waals surface area (Å²) in [5, 5.41) is 10.7. The Bertz CT molecular complexity index is 962. The maximum atomic E-state index is 12.2. The SMILES string of the molecule is NS(=O)(=O)c1ccc(CCNC(=O)NC2CC(=O)N(Cc3ccccc3)C2)cc1. The molecule has 0 radical (unpaired) electrons. The summed E-state index contributed by atoms with van der Waals surface area (Å²) in [6.07, 6.45) is 0.831. The fraction of sp³-hybridized carbons (Fsp3) is 0.300. The van der Waals surface area contributed by atoms with E-state index >= 15 is 0 Å². The molecule has 0 spiro atoms. The highest BCUT2D eigenvalue weighted by molar-refractivity contribution is 7.89. The lowest BCUT2D eigenvalue weighted by Crippen LogP contribution is -2.43. The first kappa shape index (κ1) is 20.8. The number of urea groups is 1. The van der Waals surface area contributed by atoms with E-state index in [0.29, 0.717) is 26.1 Å². The average molecular weight is 417 g/mol.